The van der Waals surface area contributed by atoms with Crippen molar-refractivity contribution in [3.63, 3.8) is 0 Å². The molecule has 1 amide bonds. The van der Waals surface area contributed by atoms with Crippen LogP contribution in [0.15, 0.2) is 89.4 Å². The van der Waals surface area contributed by atoms with Crippen molar-refractivity contribution in [1.29, 1.82) is 5.26 Å². The molecule has 1 N–H and O–H groups in total. The first-order valence-corrected chi connectivity index (χ1v) is 11.0. The first-order chi connectivity index (χ1) is 16.0. The van der Waals surface area contributed by atoms with Crippen LogP contribution in [-0.4, -0.2) is 12.5 Å². The van der Waals surface area contributed by atoms with Crippen LogP contribution >= 0.6 is 15.9 Å². The van der Waals surface area contributed by atoms with E-state index in [1.54, 1.807) is 48.5 Å². The first-order valence-electron chi connectivity index (χ1n) is 10.2. The summed E-state index contributed by atoms with van der Waals surface area (Å²) in [5.74, 6) is 0.849. The number of benzene rings is 3. The number of carbonyl (C=O) groups excluding carboxylic acids is 1. The zero-order valence-corrected chi connectivity index (χ0v) is 19.8. The minimum absolute atomic E-state index is 0.0126. The topological polar surface area (TPSA) is 71.3 Å². The molecule has 0 fully saturated rings. The number of aryl methyl sites for hydroxylation is 1. The molecule has 3 aromatic carbocycles. The Labute approximate surface area is 202 Å². The van der Waals surface area contributed by atoms with Crippen molar-refractivity contribution in [2.24, 2.45) is 0 Å². The van der Waals surface area contributed by atoms with Gasteiger partial charge in [0, 0.05) is 5.69 Å². The number of amides is 1. The van der Waals surface area contributed by atoms with Gasteiger partial charge in [0.1, 0.15) is 36.4 Å². The quantitative estimate of drug-likeness (QED) is 0.207. The van der Waals surface area contributed by atoms with Gasteiger partial charge in [0.15, 0.2) is 0 Å². The van der Waals surface area contributed by atoms with Gasteiger partial charge < -0.3 is 14.8 Å². The molecule has 6 heteroatoms. The predicted octanol–water partition coefficient (Wildman–Crippen LogP) is 6.45. The smallest absolute Gasteiger partial charge is 0.266 e. The summed E-state index contributed by atoms with van der Waals surface area (Å²) in [7, 11) is 0. The Morgan fingerprint density at radius 1 is 1.09 bits per heavy atom. The summed E-state index contributed by atoms with van der Waals surface area (Å²) in [6, 6.07) is 22.4. The van der Waals surface area contributed by atoms with Crippen molar-refractivity contribution in [3.8, 4) is 17.6 Å². The first kappa shape index (κ1) is 23.8. The molecule has 166 valence electrons. The van der Waals surface area contributed by atoms with Crippen LogP contribution in [-0.2, 0) is 11.4 Å². The van der Waals surface area contributed by atoms with Crippen molar-refractivity contribution in [1.82, 2.24) is 0 Å². The molecule has 5 nitrogen and oxygen atoms in total. The molecule has 0 radical (unpaired) electrons. The Hall–Kier alpha value is -3.82. The van der Waals surface area contributed by atoms with Crippen molar-refractivity contribution in [2.75, 3.05) is 11.9 Å². The number of ether oxygens (including phenoxy) is 2. The highest BCUT2D eigenvalue weighted by atomic mass is 79.9. The Morgan fingerprint density at radius 2 is 1.82 bits per heavy atom. The highest BCUT2D eigenvalue weighted by Gasteiger charge is 2.11. The summed E-state index contributed by atoms with van der Waals surface area (Å²) in [6.07, 6.45) is 3.18. The van der Waals surface area contributed by atoms with Crippen LogP contribution in [0, 0.1) is 18.3 Å². The lowest BCUT2D eigenvalue weighted by atomic mass is 10.1. The van der Waals surface area contributed by atoms with Crippen molar-refractivity contribution < 1.29 is 14.3 Å². The number of anilines is 1. The highest BCUT2D eigenvalue weighted by molar-refractivity contribution is 9.10. The molecule has 0 spiro atoms. The van der Waals surface area contributed by atoms with E-state index in [4.69, 9.17) is 9.47 Å². The summed E-state index contributed by atoms with van der Waals surface area (Å²) in [6.45, 7) is 6.50. The zero-order chi connectivity index (χ0) is 23.6. The van der Waals surface area contributed by atoms with E-state index < -0.39 is 5.91 Å². The van der Waals surface area contributed by atoms with E-state index in [-0.39, 0.29) is 5.57 Å². The lowest BCUT2D eigenvalue weighted by molar-refractivity contribution is -0.112. The summed E-state index contributed by atoms with van der Waals surface area (Å²) in [4.78, 5) is 12.6. The number of nitrogens with one attached hydrogen (secondary N) is 1. The van der Waals surface area contributed by atoms with Crippen LogP contribution in [0.2, 0.25) is 0 Å². The summed E-state index contributed by atoms with van der Waals surface area (Å²) in [5, 5.41) is 12.2. The number of nitriles is 1. The largest absolute Gasteiger partial charge is 0.489 e. The van der Waals surface area contributed by atoms with Gasteiger partial charge in [-0.2, -0.15) is 5.26 Å². The average molecular weight is 503 g/mol. The van der Waals surface area contributed by atoms with Crippen molar-refractivity contribution in [2.45, 2.75) is 13.5 Å². The minimum atomic E-state index is -0.492. The summed E-state index contributed by atoms with van der Waals surface area (Å²) >= 11 is 3.43. The van der Waals surface area contributed by atoms with Gasteiger partial charge in [-0.25, -0.2) is 0 Å². The molecule has 0 saturated heterocycles. The van der Waals surface area contributed by atoms with E-state index in [0.717, 1.165) is 10.0 Å². The number of nitrogens with zero attached hydrogens (tertiary/aromatic N) is 1. The third kappa shape index (κ3) is 7.09. The van der Waals surface area contributed by atoms with E-state index in [9.17, 15) is 10.1 Å². The maximum absolute atomic E-state index is 12.6. The molecule has 3 aromatic rings. The number of rotatable bonds is 9. The van der Waals surface area contributed by atoms with Crippen molar-refractivity contribution >= 4 is 33.6 Å². The molecule has 33 heavy (non-hydrogen) atoms. The number of hydrogen-bond donors (Lipinski definition) is 1. The molecule has 0 unspecified atom stereocenters. The molecular formula is C27H23BrN2O3. The van der Waals surface area contributed by atoms with Crippen LogP contribution in [0.4, 0.5) is 5.69 Å². The zero-order valence-electron chi connectivity index (χ0n) is 18.2. The lowest BCUT2D eigenvalue weighted by Gasteiger charge is -2.09. The minimum Gasteiger partial charge on any atom is -0.489 e. The molecule has 0 aromatic heterocycles. The van der Waals surface area contributed by atoms with Gasteiger partial charge in [0.05, 0.1) is 4.47 Å². The van der Waals surface area contributed by atoms with Crippen LogP contribution < -0.4 is 14.8 Å². The molecule has 0 heterocycles. The normalized spacial score (nSPS) is 10.8. The molecule has 3 rings (SSSR count). The van der Waals surface area contributed by atoms with E-state index in [2.05, 4.69) is 27.8 Å². The van der Waals surface area contributed by atoms with Crippen molar-refractivity contribution in [3.05, 3.63) is 106 Å². The monoisotopic (exact) mass is 502 g/mol. The van der Waals surface area contributed by atoms with Crippen LogP contribution in [0.3, 0.4) is 0 Å². The van der Waals surface area contributed by atoms with Crippen LogP contribution in [0.5, 0.6) is 11.5 Å². The van der Waals surface area contributed by atoms with Gasteiger partial charge >= 0.3 is 0 Å². The van der Waals surface area contributed by atoms with E-state index in [1.807, 2.05) is 37.3 Å². The maximum atomic E-state index is 12.6. The van der Waals surface area contributed by atoms with Gasteiger partial charge in [0.25, 0.3) is 5.91 Å². The van der Waals surface area contributed by atoms with Gasteiger partial charge in [-0.1, -0.05) is 48.6 Å². The Bertz CT molecular complexity index is 1190. The second-order valence-corrected chi connectivity index (χ2v) is 8.07. The molecule has 0 aliphatic rings. The third-order valence-corrected chi connectivity index (χ3v) is 5.25. The second kappa shape index (κ2) is 11.7. The third-order valence-electron chi connectivity index (χ3n) is 4.63. The van der Waals surface area contributed by atoms with Gasteiger partial charge in [0.2, 0.25) is 0 Å². The molecule has 0 aliphatic heterocycles. The van der Waals surface area contributed by atoms with Gasteiger partial charge in [-0.3, -0.25) is 4.79 Å². The predicted molar refractivity (Wildman–Crippen MR) is 134 cm³/mol. The summed E-state index contributed by atoms with van der Waals surface area (Å²) in [5.41, 5.74) is 3.53. The Morgan fingerprint density at radius 3 is 2.45 bits per heavy atom. The molecular weight excluding hydrogens is 480 g/mol. The van der Waals surface area contributed by atoms with E-state index in [0.29, 0.717) is 36.0 Å². The highest BCUT2D eigenvalue weighted by Crippen LogP contribution is 2.27. The lowest BCUT2D eigenvalue weighted by Crippen LogP contribution is -2.13. The molecule has 0 aliphatic carbocycles. The van der Waals surface area contributed by atoms with Crippen LogP contribution in [0.1, 0.15) is 16.7 Å². The van der Waals surface area contributed by atoms with E-state index >= 15 is 0 Å². The fourth-order valence-electron chi connectivity index (χ4n) is 2.87. The Kier molecular flexibility index (Phi) is 8.45. The fraction of sp³-hybridized carbons (Fsp3) is 0.111. The summed E-state index contributed by atoms with van der Waals surface area (Å²) < 4.78 is 12.0. The average Bonchev–Trinajstić information content (AvgIpc) is 2.82. The molecule has 0 bridgehead atoms. The fourth-order valence-corrected chi connectivity index (χ4v) is 3.38. The van der Waals surface area contributed by atoms with E-state index in [1.165, 1.54) is 11.6 Å². The molecule has 0 saturated carbocycles. The molecule has 0 atom stereocenters. The maximum Gasteiger partial charge on any atom is 0.266 e. The second-order valence-electron chi connectivity index (χ2n) is 7.21. The number of hydrogen-bond acceptors (Lipinski definition) is 4. The number of halogens is 1. The SMILES string of the molecule is C=CCOc1ccc(/C=C(\C#N)C(=O)Nc2ccc(OCc3ccc(C)cc3)cc2)cc1Br. The van der Waals surface area contributed by atoms with Gasteiger partial charge in [-0.05, 0) is 76.5 Å². The van der Waals surface area contributed by atoms with Crippen LogP contribution in [0.25, 0.3) is 6.08 Å². The van der Waals surface area contributed by atoms with Gasteiger partial charge in [-0.15, -0.1) is 0 Å². The standard InChI is InChI=1S/C27H23BrN2O3/c1-3-14-32-26-13-8-21(16-25(26)28)15-22(17-29)27(31)30-23-9-11-24(12-10-23)33-18-20-6-4-19(2)5-7-20/h3-13,15-16H,1,14,18H2,2H3,(H,30,31)/b22-15+. The Balaban J connectivity index is 1.61. The number of carbonyl (C=O) groups is 1.